The second-order valence-electron chi connectivity index (χ2n) is 4.80. The van der Waals surface area contributed by atoms with E-state index in [4.69, 9.17) is 16.3 Å². The molecule has 1 aromatic carbocycles. The lowest BCUT2D eigenvalue weighted by atomic mass is 10.00. The highest BCUT2D eigenvalue weighted by molar-refractivity contribution is 9.10. The molecule has 1 aliphatic carbocycles. The lowest BCUT2D eigenvalue weighted by Crippen LogP contribution is -2.22. The van der Waals surface area contributed by atoms with Crippen molar-refractivity contribution >= 4 is 27.5 Å². The molecule has 1 saturated carbocycles. The van der Waals surface area contributed by atoms with E-state index in [2.05, 4.69) is 28.2 Å². The van der Waals surface area contributed by atoms with Crippen molar-refractivity contribution in [1.29, 1.82) is 0 Å². The van der Waals surface area contributed by atoms with E-state index in [0.717, 1.165) is 39.7 Å². The summed E-state index contributed by atoms with van der Waals surface area (Å²) in [7, 11) is 1.71. The third-order valence-electron chi connectivity index (χ3n) is 3.33. The van der Waals surface area contributed by atoms with Crippen molar-refractivity contribution in [3.63, 3.8) is 0 Å². The summed E-state index contributed by atoms with van der Waals surface area (Å²) in [6, 6.07) is 4.22. The molecule has 1 N–H and O–H groups in total. The van der Waals surface area contributed by atoms with E-state index in [0.29, 0.717) is 6.04 Å². The van der Waals surface area contributed by atoms with Crippen LogP contribution in [0.15, 0.2) is 16.6 Å². The Bertz CT molecular complexity index is 421. The predicted molar refractivity (Wildman–Crippen MR) is 79.5 cm³/mol. The number of nitrogens with one attached hydrogen (secondary N) is 1. The number of methoxy groups -OCH3 is 1. The van der Waals surface area contributed by atoms with E-state index in [1.54, 1.807) is 7.11 Å². The zero-order valence-corrected chi connectivity index (χ0v) is 13.1. The molecule has 2 rings (SSSR count). The van der Waals surface area contributed by atoms with Gasteiger partial charge in [-0.2, -0.15) is 0 Å². The fourth-order valence-corrected chi connectivity index (χ4v) is 3.30. The lowest BCUT2D eigenvalue weighted by molar-refractivity contribution is 0.390. The molecule has 0 radical (unpaired) electrons. The Labute approximate surface area is 122 Å². The highest BCUT2D eigenvalue weighted by Gasteiger charge is 2.28. The molecule has 0 amide bonds. The summed E-state index contributed by atoms with van der Waals surface area (Å²) in [6.07, 6.45) is 3.87. The molecule has 0 bridgehead atoms. The number of hydrogen-bond acceptors (Lipinski definition) is 2. The zero-order valence-electron chi connectivity index (χ0n) is 10.8. The van der Waals surface area contributed by atoms with E-state index in [-0.39, 0.29) is 0 Å². The van der Waals surface area contributed by atoms with E-state index in [9.17, 15) is 0 Å². The van der Waals surface area contributed by atoms with Crippen LogP contribution >= 0.6 is 27.5 Å². The number of benzene rings is 1. The zero-order chi connectivity index (χ0) is 13.1. The van der Waals surface area contributed by atoms with Crippen LogP contribution < -0.4 is 10.1 Å². The van der Waals surface area contributed by atoms with Crippen LogP contribution in [-0.4, -0.2) is 13.7 Å². The molecule has 0 aliphatic heterocycles. The molecule has 0 heterocycles. The Kier molecular flexibility index (Phi) is 4.93. The largest absolute Gasteiger partial charge is 0.495 e. The van der Waals surface area contributed by atoms with Gasteiger partial charge in [0.05, 0.1) is 11.6 Å². The van der Waals surface area contributed by atoms with Gasteiger partial charge >= 0.3 is 0 Å². The monoisotopic (exact) mass is 331 g/mol. The van der Waals surface area contributed by atoms with Gasteiger partial charge in [-0.25, -0.2) is 0 Å². The minimum absolute atomic E-state index is 0.326. The normalized spacial score (nSPS) is 16.7. The third-order valence-corrected chi connectivity index (χ3v) is 4.14. The Morgan fingerprint density at radius 3 is 2.78 bits per heavy atom. The van der Waals surface area contributed by atoms with Crippen LogP contribution in [0.3, 0.4) is 0 Å². The summed E-state index contributed by atoms with van der Waals surface area (Å²) in [5.74, 6) is 1.75. The first-order chi connectivity index (χ1) is 8.65. The standard InChI is InChI=1S/C14H19BrClNO/c1-3-17-13(6-9-4-5-9)11-7-10(16)8-12(15)14(11)18-2/h7-9,13,17H,3-6H2,1-2H3. The maximum atomic E-state index is 6.16. The van der Waals surface area contributed by atoms with Gasteiger partial charge in [-0.15, -0.1) is 0 Å². The summed E-state index contributed by atoms with van der Waals surface area (Å²) in [5, 5.41) is 4.29. The molecule has 1 unspecified atom stereocenters. The van der Waals surface area contributed by atoms with Gasteiger partial charge in [0.2, 0.25) is 0 Å². The quantitative estimate of drug-likeness (QED) is 0.824. The van der Waals surface area contributed by atoms with Crippen molar-refractivity contribution in [2.24, 2.45) is 5.92 Å². The fraction of sp³-hybridized carbons (Fsp3) is 0.571. The van der Waals surface area contributed by atoms with Gasteiger partial charge in [0.1, 0.15) is 5.75 Å². The molecule has 4 heteroatoms. The first-order valence-electron chi connectivity index (χ1n) is 6.42. The van der Waals surface area contributed by atoms with Crippen molar-refractivity contribution in [2.75, 3.05) is 13.7 Å². The Morgan fingerprint density at radius 2 is 2.22 bits per heavy atom. The molecule has 1 fully saturated rings. The highest BCUT2D eigenvalue weighted by Crippen LogP contribution is 2.42. The molecular weight excluding hydrogens is 314 g/mol. The second-order valence-corrected chi connectivity index (χ2v) is 6.09. The lowest BCUT2D eigenvalue weighted by Gasteiger charge is -2.22. The van der Waals surface area contributed by atoms with Crippen molar-refractivity contribution in [3.05, 3.63) is 27.2 Å². The molecule has 1 aliphatic rings. The predicted octanol–water partition coefficient (Wildman–Crippen LogP) is 4.56. The van der Waals surface area contributed by atoms with Crippen molar-refractivity contribution in [1.82, 2.24) is 5.32 Å². The summed E-state index contributed by atoms with van der Waals surface area (Å²) in [5.41, 5.74) is 1.16. The Morgan fingerprint density at radius 1 is 1.50 bits per heavy atom. The molecule has 0 spiro atoms. The molecule has 2 nitrogen and oxygen atoms in total. The van der Waals surface area contributed by atoms with Crippen LogP contribution in [0.1, 0.15) is 37.8 Å². The van der Waals surface area contributed by atoms with Gasteiger partial charge in [-0.3, -0.25) is 0 Å². The first-order valence-corrected chi connectivity index (χ1v) is 7.59. The second kappa shape index (κ2) is 6.27. The maximum absolute atomic E-state index is 6.16. The topological polar surface area (TPSA) is 21.3 Å². The number of halogens is 2. The van der Waals surface area contributed by atoms with Crippen LogP contribution in [0.4, 0.5) is 0 Å². The Balaban J connectivity index is 2.31. The average molecular weight is 333 g/mol. The summed E-state index contributed by atoms with van der Waals surface area (Å²) < 4.78 is 6.44. The molecule has 1 atom stereocenters. The Hall–Kier alpha value is -0.250. The van der Waals surface area contributed by atoms with E-state index >= 15 is 0 Å². The minimum Gasteiger partial charge on any atom is -0.495 e. The summed E-state index contributed by atoms with van der Waals surface area (Å²) in [6.45, 7) is 3.08. The van der Waals surface area contributed by atoms with Gasteiger partial charge < -0.3 is 10.1 Å². The summed E-state index contributed by atoms with van der Waals surface area (Å²) in [4.78, 5) is 0. The van der Waals surface area contributed by atoms with Gasteiger partial charge in [0, 0.05) is 16.6 Å². The van der Waals surface area contributed by atoms with E-state index < -0.39 is 0 Å². The fourth-order valence-electron chi connectivity index (χ4n) is 2.31. The molecule has 0 saturated heterocycles. The van der Waals surface area contributed by atoms with Crippen LogP contribution in [0.2, 0.25) is 5.02 Å². The van der Waals surface area contributed by atoms with Crippen LogP contribution in [-0.2, 0) is 0 Å². The molecule has 100 valence electrons. The number of rotatable bonds is 6. The molecular formula is C14H19BrClNO. The van der Waals surface area contributed by atoms with Gasteiger partial charge in [0.15, 0.2) is 0 Å². The number of hydrogen-bond donors (Lipinski definition) is 1. The third kappa shape index (κ3) is 3.40. The van der Waals surface area contributed by atoms with Crippen molar-refractivity contribution in [2.45, 2.75) is 32.2 Å². The van der Waals surface area contributed by atoms with Crippen LogP contribution in [0.5, 0.6) is 5.75 Å². The highest BCUT2D eigenvalue weighted by atomic mass is 79.9. The first kappa shape index (κ1) is 14.2. The van der Waals surface area contributed by atoms with Gasteiger partial charge in [-0.1, -0.05) is 31.4 Å². The van der Waals surface area contributed by atoms with Crippen molar-refractivity contribution < 1.29 is 4.74 Å². The smallest absolute Gasteiger partial charge is 0.137 e. The molecule has 0 aromatic heterocycles. The van der Waals surface area contributed by atoms with Crippen LogP contribution in [0, 0.1) is 5.92 Å². The average Bonchev–Trinajstić information content (AvgIpc) is 3.11. The maximum Gasteiger partial charge on any atom is 0.137 e. The van der Waals surface area contributed by atoms with E-state index in [1.165, 1.54) is 12.8 Å². The minimum atomic E-state index is 0.326. The molecule has 18 heavy (non-hydrogen) atoms. The molecule has 1 aromatic rings. The van der Waals surface area contributed by atoms with Crippen LogP contribution in [0.25, 0.3) is 0 Å². The summed E-state index contributed by atoms with van der Waals surface area (Å²) >= 11 is 9.68. The van der Waals surface area contributed by atoms with Crippen molar-refractivity contribution in [3.8, 4) is 5.75 Å². The van der Waals surface area contributed by atoms with Gasteiger partial charge in [0.25, 0.3) is 0 Å². The number of ether oxygens (including phenoxy) is 1. The van der Waals surface area contributed by atoms with E-state index in [1.807, 2.05) is 12.1 Å². The SMILES string of the molecule is CCNC(CC1CC1)c1cc(Cl)cc(Br)c1OC. The van der Waals surface area contributed by atoms with Gasteiger partial charge in [-0.05, 0) is 46.9 Å².